The second-order valence-electron chi connectivity index (χ2n) is 4.05. The fourth-order valence-electron chi connectivity index (χ4n) is 1.86. The largest absolute Gasteiger partial charge is 0.355 e. The minimum Gasteiger partial charge on any atom is -0.355 e. The molecule has 4 heteroatoms. The lowest BCUT2D eigenvalue weighted by Gasteiger charge is -2.20. The number of nitrogens with one attached hydrogen (secondary N) is 1. The van der Waals surface area contributed by atoms with E-state index >= 15 is 0 Å². The van der Waals surface area contributed by atoms with Crippen molar-refractivity contribution in [2.75, 3.05) is 31.1 Å². The molecule has 1 aromatic heterocycles. The standard InChI is InChI=1S/C12H17N3O/c1-10(16)11-3-4-12(14-9-11)15-7-2-5-13-6-8-15/h3-4,9,13H,2,5-8H2,1H3. The Morgan fingerprint density at radius 2 is 2.25 bits per heavy atom. The molecule has 16 heavy (non-hydrogen) atoms. The summed E-state index contributed by atoms with van der Waals surface area (Å²) < 4.78 is 0. The number of rotatable bonds is 2. The Kier molecular flexibility index (Phi) is 3.51. The predicted molar refractivity (Wildman–Crippen MR) is 63.9 cm³/mol. The average molecular weight is 219 g/mol. The van der Waals surface area contributed by atoms with Crippen molar-refractivity contribution in [2.24, 2.45) is 0 Å². The molecule has 1 aliphatic heterocycles. The Hall–Kier alpha value is -1.42. The number of carbonyl (C=O) groups excluding carboxylic acids is 1. The molecule has 0 saturated carbocycles. The van der Waals surface area contributed by atoms with Crippen LogP contribution in [-0.2, 0) is 0 Å². The Balaban J connectivity index is 2.10. The van der Waals surface area contributed by atoms with E-state index in [0.717, 1.165) is 38.4 Å². The molecule has 0 unspecified atom stereocenters. The molecule has 1 aliphatic rings. The van der Waals surface area contributed by atoms with E-state index in [9.17, 15) is 4.79 Å². The van der Waals surface area contributed by atoms with Crippen molar-refractivity contribution >= 4 is 11.6 Å². The number of carbonyl (C=O) groups is 1. The zero-order valence-corrected chi connectivity index (χ0v) is 9.57. The van der Waals surface area contributed by atoms with Crippen molar-refractivity contribution in [3.8, 4) is 0 Å². The Labute approximate surface area is 95.7 Å². The van der Waals surface area contributed by atoms with Crippen molar-refractivity contribution in [3.05, 3.63) is 23.9 Å². The number of hydrogen-bond acceptors (Lipinski definition) is 4. The summed E-state index contributed by atoms with van der Waals surface area (Å²) in [5.41, 5.74) is 0.677. The van der Waals surface area contributed by atoms with Crippen LogP contribution in [0.4, 0.5) is 5.82 Å². The molecular formula is C12H17N3O. The molecular weight excluding hydrogens is 202 g/mol. The highest BCUT2D eigenvalue weighted by Crippen LogP contribution is 2.12. The normalized spacial score (nSPS) is 16.9. The first-order valence-corrected chi connectivity index (χ1v) is 5.70. The molecule has 0 bridgehead atoms. The van der Waals surface area contributed by atoms with Gasteiger partial charge < -0.3 is 10.2 Å². The second-order valence-corrected chi connectivity index (χ2v) is 4.05. The molecule has 2 heterocycles. The molecule has 0 aromatic carbocycles. The average Bonchev–Trinajstić information content (AvgIpc) is 2.57. The Morgan fingerprint density at radius 1 is 1.38 bits per heavy atom. The zero-order valence-electron chi connectivity index (χ0n) is 9.57. The third kappa shape index (κ3) is 2.58. The van der Waals surface area contributed by atoms with Crippen LogP contribution in [0.2, 0.25) is 0 Å². The molecule has 2 rings (SSSR count). The van der Waals surface area contributed by atoms with Gasteiger partial charge in [0, 0.05) is 31.4 Å². The maximum Gasteiger partial charge on any atom is 0.161 e. The van der Waals surface area contributed by atoms with Crippen LogP contribution < -0.4 is 10.2 Å². The summed E-state index contributed by atoms with van der Waals surface area (Å²) in [6, 6.07) is 3.78. The predicted octanol–water partition coefficient (Wildman–Crippen LogP) is 1.08. The van der Waals surface area contributed by atoms with Gasteiger partial charge in [-0.2, -0.15) is 0 Å². The molecule has 0 aliphatic carbocycles. The van der Waals surface area contributed by atoms with Crippen LogP contribution >= 0.6 is 0 Å². The first-order chi connectivity index (χ1) is 7.77. The van der Waals surface area contributed by atoms with E-state index in [1.807, 2.05) is 12.1 Å². The fourth-order valence-corrected chi connectivity index (χ4v) is 1.86. The number of pyridine rings is 1. The molecule has 0 radical (unpaired) electrons. The summed E-state index contributed by atoms with van der Waals surface area (Å²) in [5.74, 6) is 1.03. The van der Waals surface area contributed by atoms with Crippen LogP contribution in [0.5, 0.6) is 0 Å². The van der Waals surface area contributed by atoms with Gasteiger partial charge in [0.25, 0.3) is 0 Å². The van der Waals surface area contributed by atoms with E-state index in [0.29, 0.717) is 5.56 Å². The van der Waals surface area contributed by atoms with Crippen molar-refractivity contribution < 1.29 is 4.79 Å². The van der Waals surface area contributed by atoms with Gasteiger partial charge in [-0.25, -0.2) is 4.98 Å². The van der Waals surface area contributed by atoms with E-state index in [1.165, 1.54) is 0 Å². The first-order valence-electron chi connectivity index (χ1n) is 5.70. The SMILES string of the molecule is CC(=O)c1ccc(N2CCCNCC2)nc1. The number of aromatic nitrogens is 1. The fraction of sp³-hybridized carbons (Fsp3) is 0.500. The van der Waals surface area contributed by atoms with Crippen LogP contribution in [-0.4, -0.2) is 36.9 Å². The minimum absolute atomic E-state index is 0.0663. The van der Waals surface area contributed by atoms with Crippen LogP contribution in [0.1, 0.15) is 23.7 Å². The molecule has 1 aromatic rings. The van der Waals surface area contributed by atoms with Crippen molar-refractivity contribution in [1.82, 2.24) is 10.3 Å². The smallest absolute Gasteiger partial charge is 0.161 e. The Morgan fingerprint density at radius 3 is 2.94 bits per heavy atom. The van der Waals surface area contributed by atoms with Gasteiger partial charge in [-0.1, -0.05) is 0 Å². The van der Waals surface area contributed by atoms with E-state index < -0.39 is 0 Å². The Bertz CT molecular complexity index is 353. The monoisotopic (exact) mass is 219 g/mol. The number of anilines is 1. The molecule has 86 valence electrons. The van der Waals surface area contributed by atoms with Gasteiger partial charge >= 0.3 is 0 Å². The number of nitrogens with zero attached hydrogens (tertiary/aromatic N) is 2. The van der Waals surface area contributed by atoms with E-state index in [4.69, 9.17) is 0 Å². The number of ketones is 1. The van der Waals surface area contributed by atoms with Gasteiger partial charge in [-0.3, -0.25) is 4.79 Å². The molecule has 1 saturated heterocycles. The van der Waals surface area contributed by atoms with E-state index in [-0.39, 0.29) is 5.78 Å². The second kappa shape index (κ2) is 5.07. The first kappa shape index (κ1) is 11.1. The summed E-state index contributed by atoms with van der Waals surface area (Å²) in [5, 5.41) is 3.35. The lowest BCUT2D eigenvalue weighted by molar-refractivity contribution is 0.101. The van der Waals surface area contributed by atoms with Crippen molar-refractivity contribution in [3.63, 3.8) is 0 Å². The maximum atomic E-state index is 11.1. The van der Waals surface area contributed by atoms with Gasteiger partial charge in [0.2, 0.25) is 0 Å². The highest BCUT2D eigenvalue weighted by Gasteiger charge is 2.10. The van der Waals surface area contributed by atoms with E-state index in [2.05, 4.69) is 15.2 Å². The van der Waals surface area contributed by atoms with Gasteiger partial charge in [-0.05, 0) is 32.0 Å². The molecule has 0 amide bonds. The van der Waals surface area contributed by atoms with Gasteiger partial charge in [0.1, 0.15) is 5.82 Å². The number of Topliss-reactive ketones (excluding diaryl/α,β-unsaturated/α-hetero) is 1. The minimum atomic E-state index is 0.0663. The van der Waals surface area contributed by atoms with Crippen molar-refractivity contribution in [2.45, 2.75) is 13.3 Å². The van der Waals surface area contributed by atoms with Crippen LogP contribution in [0.15, 0.2) is 18.3 Å². The third-order valence-corrected chi connectivity index (χ3v) is 2.82. The van der Waals surface area contributed by atoms with E-state index in [1.54, 1.807) is 13.1 Å². The summed E-state index contributed by atoms with van der Waals surface area (Å²) in [6.45, 7) is 5.64. The number of hydrogen-bond donors (Lipinski definition) is 1. The van der Waals surface area contributed by atoms with Gasteiger partial charge in [0.05, 0.1) is 0 Å². The molecule has 1 fully saturated rings. The van der Waals surface area contributed by atoms with Crippen LogP contribution in [0, 0.1) is 0 Å². The topological polar surface area (TPSA) is 45.2 Å². The third-order valence-electron chi connectivity index (χ3n) is 2.82. The molecule has 1 N–H and O–H groups in total. The van der Waals surface area contributed by atoms with Crippen molar-refractivity contribution in [1.29, 1.82) is 0 Å². The summed E-state index contributed by atoms with van der Waals surface area (Å²) in [7, 11) is 0. The lowest BCUT2D eigenvalue weighted by Crippen LogP contribution is -2.28. The van der Waals surface area contributed by atoms with Crippen LogP contribution in [0.25, 0.3) is 0 Å². The quantitative estimate of drug-likeness (QED) is 0.756. The zero-order chi connectivity index (χ0) is 11.4. The molecule has 4 nitrogen and oxygen atoms in total. The molecule has 0 atom stereocenters. The lowest BCUT2D eigenvalue weighted by atomic mass is 10.2. The summed E-state index contributed by atoms with van der Waals surface area (Å²) in [6.07, 6.45) is 2.80. The van der Waals surface area contributed by atoms with Gasteiger partial charge in [-0.15, -0.1) is 0 Å². The summed E-state index contributed by atoms with van der Waals surface area (Å²) in [4.78, 5) is 17.7. The molecule has 0 spiro atoms. The highest BCUT2D eigenvalue weighted by atomic mass is 16.1. The highest BCUT2D eigenvalue weighted by molar-refractivity contribution is 5.93. The van der Waals surface area contributed by atoms with Gasteiger partial charge in [0.15, 0.2) is 5.78 Å². The summed E-state index contributed by atoms with van der Waals surface area (Å²) >= 11 is 0. The maximum absolute atomic E-state index is 11.1. The van der Waals surface area contributed by atoms with Crippen LogP contribution in [0.3, 0.4) is 0 Å².